The molecule has 1 fully saturated rings. The molecule has 0 radical (unpaired) electrons. The molecule has 7 heteroatoms. The van der Waals surface area contributed by atoms with Gasteiger partial charge >= 0.3 is 5.97 Å². The number of aliphatic hydroxyl groups is 1. The molecule has 1 saturated heterocycles. The molecule has 0 aromatic heterocycles. The van der Waals surface area contributed by atoms with Gasteiger partial charge in [-0.3, -0.25) is 19.3 Å². The topological polar surface area (TPSA) is 94.9 Å². The van der Waals surface area contributed by atoms with Crippen molar-refractivity contribution in [3.63, 3.8) is 0 Å². The van der Waals surface area contributed by atoms with Crippen LogP contribution in [0.25, 0.3) is 5.76 Å². The molecule has 1 aliphatic rings. The first-order chi connectivity index (χ1) is 16.3. The number of carbonyl (C=O) groups excluding carboxylic acids is 2. The molecular weight excluding hydrogens is 454 g/mol. The molecule has 0 aliphatic carbocycles. The maximum atomic E-state index is 13.2. The van der Waals surface area contributed by atoms with E-state index in [0.717, 1.165) is 12.0 Å². The molecule has 172 valence electrons. The molecule has 34 heavy (non-hydrogen) atoms. The minimum atomic E-state index is -0.967. The molecule has 0 saturated carbocycles. The van der Waals surface area contributed by atoms with E-state index in [0.29, 0.717) is 27.4 Å². The Morgan fingerprint density at radius 1 is 0.941 bits per heavy atom. The Balaban J connectivity index is 1.87. The standard InChI is InChI=1S/C27H22ClNO5/c1-2-16-6-10-18(11-7-16)24-23(25(32)19-4-3-5-20(28)15-19)26(33)27(34)29(24)21-12-8-17(9-13-21)14-22(30)31/h3-13,15,24,32H,2,14H2,1H3,(H,30,31)/b25-23-. The highest BCUT2D eigenvalue weighted by molar-refractivity contribution is 6.51. The SMILES string of the molecule is CCc1ccc(C2/C(=C(/O)c3cccc(Cl)c3)C(=O)C(=O)N2c2ccc(CC(=O)O)cc2)cc1. The van der Waals surface area contributed by atoms with Gasteiger partial charge in [0.15, 0.2) is 0 Å². The Bertz CT molecular complexity index is 1300. The highest BCUT2D eigenvalue weighted by Crippen LogP contribution is 2.42. The summed E-state index contributed by atoms with van der Waals surface area (Å²) in [5, 5.41) is 20.5. The Morgan fingerprint density at radius 3 is 2.18 bits per heavy atom. The maximum Gasteiger partial charge on any atom is 0.307 e. The summed E-state index contributed by atoms with van der Waals surface area (Å²) >= 11 is 6.09. The summed E-state index contributed by atoms with van der Waals surface area (Å²) in [7, 11) is 0. The van der Waals surface area contributed by atoms with E-state index in [1.807, 2.05) is 31.2 Å². The van der Waals surface area contributed by atoms with Gasteiger partial charge in [0.2, 0.25) is 0 Å². The van der Waals surface area contributed by atoms with Crippen LogP contribution in [0.1, 0.15) is 35.2 Å². The molecule has 1 amide bonds. The quantitative estimate of drug-likeness (QED) is 0.292. The summed E-state index contributed by atoms with van der Waals surface area (Å²) in [5.74, 6) is -2.86. The van der Waals surface area contributed by atoms with Crippen molar-refractivity contribution in [1.29, 1.82) is 0 Å². The summed E-state index contributed by atoms with van der Waals surface area (Å²) in [6.45, 7) is 2.03. The Morgan fingerprint density at radius 2 is 1.59 bits per heavy atom. The van der Waals surface area contributed by atoms with Crippen LogP contribution < -0.4 is 4.90 Å². The van der Waals surface area contributed by atoms with Crippen LogP contribution in [0.4, 0.5) is 5.69 Å². The van der Waals surface area contributed by atoms with Gasteiger partial charge in [0.25, 0.3) is 11.7 Å². The second kappa shape index (κ2) is 9.53. The summed E-state index contributed by atoms with van der Waals surface area (Å²) in [6, 6.07) is 19.5. The van der Waals surface area contributed by atoms with Gasteiger partial charge in [0.05, 0.1) is 18.0 Å². The zero-order valence-corrected chi connectivity index (χ0v) is 19.1. The van der Waals surface area contributed by atoms with Gasteiger partial charge in [-0.2, -0.15) is 0 Å². The zero-order valence-electron chi connectivity index (χ0n) is 18.4. The average molecular weight is 476 g/mol. The van der Waals surface area contributed by atoms with Gasteiger partial charge in [0.1, 0.15) is 5.76 Å². The number of rotatable bonds is 6. The number of carboxylic acid groups (broad SMARTS) is 1. The van der Waals surface area contributed by atoms with E-state index in [-0.39, 0.29) is 17.8 Å². The van der Waals surface area contributed by atoms with Crippen molar-refractivity contribution in [2.75, 3.05) is 4.90 Å². The van der Waals surface area contributed by atoms with Crippen LogP contribution in [0, 0.1) is 0 Å². The number of hydrogen-bond donors (Lipinski definition) is 2. The Hall–Kier alpha value is -3.90. The Labute approximate surface area is 201 Å². The lowest BCUT2D eigenvalue weighted by molar-refractivity contribution is -0.136. The molecule has 1 unspecified atom stereocenters. The molecule has 0 spiro atoms. The lowest BCUT2D eigenvalue weighted by atomic mass is 9.94. The number of ketones is 1. The van der Waals surface area contributed by atoms with Crippen LogP contribution in [0.5, 0.6) is 0 Å². The van der Waals surface area contributed by atoms with Gasteiger partial charge in [-0.05, 0) is 47.4 Å². The van der Waals surface area contributed by atoms with E-state index in [2.05, 4.69) is 0 Å². The van der Waals surface area contributed by atoms with Gasteiger partial charge in [-0.25, -0.2) is 0 Å². The van der Waals surface area contributed by atoms with E-state index in [9.17, 15) is 19.5 Å². The normalized spacial score (nSPS) is 17.2. The molecule has 3 aromatic rings. The fourth-order valence-corrected chi connectivity index (χ4v) is 4.28. The zero-order chi connectivity index (χ0) is 24.4. The molecule has 0 bridgehead atoms. The second-order valence-electron chi connectivity index (χ2n) is 8.01. The minimum absolute atomic E-state index is 0.0360. The van der Waals surface area contributed by atoms with Crippen molar-refractivity contribution in [3.05, 3.63) is 106 Å². The fraction of sp³-hybridized carbons (Fsp3) is 0.148. The van der Waals surface area contributed by atoms with Crippen LogP contribution in [0.2, 0.25) is 5.02 Å². The number of benzene rings is 3. The largest absolute Gasteiger partial charge is 0.507 e. The summed E-state index contributed by atoms with van der Waals surface area (Å²) in [4.78, 5) is 38.7. The van der Waals surface area contributed by atoms with Gasteiger partial charge in [-0.15, -0.1) is 0 Å². The lowest BCUT2D eigenvalue weighted by Crippen LogP contribution is -2.29. The molecule has 2 N–H and O–H groups in total. The second-order valence-corrected chi connectivity index (χ2v) is 8.45. The monoisotopic (exact) mass is 475 g/mol. The number of halogens is 1. The third kappa shape index (κ3) is 4.45. The number of carbonyl (C=O) groups is 3. The highest BCUT2D eigenvalue weighted by atomic mass is 35.5. The molecule has 1 aliphatic heterocycles. The predicted octanol–water partition coefficient (Wildman–Crippen LogP) is 5.16. The highest BCUT2D eigenvalue weighted by Gasteiger charge is 2.46. The number of aliphatic hydroxyl groups excluding tert-OH is 1. The summed E-state index contributed by atoms with van der Waals surface area (Å²) in [6.07, 6.45) is 0.670. The molecular formula is C27H22ClNO5. The van der Waals surface area contributed by atoms with Crippen molar-refractivity contribution < 1.29 is 24.6 Å². The van der Waals surface area contributed by atoms with Gasteiger partial charge in [0, 0.05) is 16.3 Å². The van der Waals surface area contributed by atoms with Crippen molar-refractivity contribution in [1.82, 2.24) is 0 Å². The van der Waals surface area contributed by atoms with Crippen LogP contribution in [0.15, 0.2) is 78.4 Å². The lowest BCUT2D eigenvalue weighted by Gasteiger charge is -2.26. The molecule has 4 rings (SSSR count). The average Bonchev–Trinajstić information content (AvgIpc) is 3.09. The van der Waals surface area contributed by atoms with Crippen molar-refractivity contribution in [2.24, 2.45) is 0 Å². The number of carboxylic acids is 1. The first-order valence-corrected chi connectivity index (χ1v) is 11.1. The van der Waals surface area contributed by atoms with E-state index >= 15 is 0 Å². The number of nitrogens with zero attached hydrogens (tertiary/aromatic N) is 1. The van der Waals surface area contributed by atoms with Gasteiger partial charge in [-0.1, -0.05) is 67.1 Å². The van der Waals surface area contributed by atoms with E-state index < -0.39 is 23.7 Å². The number of Topliss-reactive ketones (excluding diaryl/α,β-unsaturated/α-hetero) is 1. The van der Waals surface area contributed by atoms with Crippen molar-refractivity contribution in [3.8, 4) is 0 Å². The number of hydrogen-bond acceptors (Lipinski definition) is 4. The van der Waals surface area contributed by atoms with Crippen LogP contribution in [-0.4, -0.2) is 27.9 Å². The molecule has 6 nitrogen and oxygen atoms in total. The summed E-state index contributed by atoms with van der Waals surface area (Å²) < 4.78 is 0. The fourth-order valence-electron chi connectivity index (χ4n) is 4.09. The van der Waals surface area contributed by atoms with E-state index in [4.69, 9.17) is 16.7 Å². The third-order valence-electron chi connectivity index (χ3n) is 5.82. The maximum absolute atomic E-state index is 13.2. The number of amides is 1. The Kier molecular flexibility index (Phi) is 6.52. The van der Waals surface area contributed by atoms with E-state index in [1.165, 1.54) is 11.0 Å². The van der Waals surface area contributed by atoms with Crippen LogP contribution >= 0.6 is 11.6 Å². The smallest absolute Gasteiger partial charge is 0.307 e. The molecule has 3 aromatic carbocycles. The van der Waals surface area contributed by atoms with Crippen molar-refractivity contribution in [2.45, 2.75) is 25.8 Å². The number of aryl methyl sites for hydroxylation is 1. The summed E-state index contributed by atoms with van der Waals surface area (Å²) in [5.41, 5.74) is 3.04. The van der Waals surface area contributed by atoms with Crippen LogP contribution in [0.3, 0.4) is 0 Å². The first kappa shape index (κ1) is 23.3. The van der Waals surface area contributed by atoms with Crippen molar-refractivity contribution >= 4 is 40.7 Å². The third-order valence-corrected chi connectivity index (χ3v) is 6.05. The van der Waals surface area contributed by atoms with Gasteiger partial charge < -0.3 is 10.2 Å². The molecule has 1 heterocycles. The van der Waals surface area contributed by atoms with Crippen LogP contribution in [-0.2, 0) is 27.2 Å². The number of aliphatic carboxylic acids is 1. The first-order valence-electron chi connectivity index (χ1n) is 10.8. The minimum Gasteiger partial charge on any atom is -0.507 e. The van der Waals surface area contributed by atoms with E-state index in [1.54, 1.807) is 42.5 Å². The number of anilines is 1. The predicted molar refractivity (Wildman–Crippen MR) is 130 cm³/mol. The molecule has 1 atom stereocenters.